The van der Waals surface area contributed by atoms with Crippen LogP contribution < -0.4 is 15.8 Å². The standard InChI is InChI=1S/C14H20N2O4/c1-4-9(2)16-13(17)8-20-12-6-5-10(7-11(12)15)14(18)19-3/h5-7,9H,4,8,15H2,1-3H3,(H,16,17). The van der Waals surface area contributed by atoms with Gasteiger partial charge in [0.1, 0.15) is 5.75 Å². The van der Waals surface area contributed by atoms with E-state index in [1.165, 1.54) is 25.3 Å². The number of benzene rings is 1. The van der Waals surface area contributed by atoms with Crippen LogP contribution in [0.15, 0.2) is 18.2 Å². The van der Waals surface area contributed by atoms with Gasteiger partial charge in [-0.3, -0.25) is 4.79 Å². The van der Waals surface area contributed by atoms with Crippen molar-refractivity contribution in [3.05, 3.63) is 23.8 Å². The lowest BCUT2D eigenvalue weighted by molar-refractivity contribution is -0.123. The van der Waals surface area contributed by atoms with Crippen LogP contribution in [-0.2, 0) is 9.53 Å². The third-order valence-corrected chi connectivity index (χ3v) is 2.81. The molecular weight excluding hydrogens is 260 g/mol. The van der Waals surface area contributed by atoms with Gasteiger partial charge in [-0.1, -0.05) is 6.92 Å². The molecule has 6 nitrogen and oxygen atoms in total. The van der Waals surface area contributed by atoms with Crippen molar-refractivity contribution in [1.29, 1.82) is 0 Å². The summed E-state index contributed by atoms with van der Waals surface area (Å²) >= 11 is 0. The quantitative estimate of drug-likeness (QED) is 0.606. The number of nitrogens with two attached hydrogens (primary N) is 1. The summed E-state index contributed by atoms with van der Waals surface area (Å²) in [7, 11) is 1.29. The minimum absolute atomic E-state index is 0.102. The van der Waals surface area contributed by atoms with Gasteiger partial charge in [-0.15, -0.1) is 0 Å². The molecule has 6 heteroatoms. The van der Waals surface area contributed by atoms with E-state index in [2.05, 4.69) is 10.1 Å². The zero-order valence-corrected chi connectivity index (χ0v) is 11.9. The summed E-state index contributed by atoms with van der Waals surface area (Å²) in [6, 6.07) is 4.63. The highest BCUT2D eigenvalue weighted by molar-refractivity contribution is 5.91. The van der Waals surface area contributed by atoms with Crippen molar-refractivity contribution in [2.24, 2.45) is 0 Å². The fourth-order valence-corrected chi connectivity index (χ4v) is 1.49. The van der Waals surface area contributed by atoms with E-state index in [1.54, 1.807) is 0 Å². The van der Waals surface area contributed by atoms with Crippen LogP contribution in [0.2, 0.25) is 0 Å². The van der Waals surface area contributed by atoms with E-state index in [9.17, 15) is 9.59 Å². The number of hydrogen-bond donors (Lipinski definition) is 2. The number of ether oxygens (including phenoxy) is 2. The van der Waals surface area contributed by atoms with E-state index in [-0.39, 0.29) is 24.2 Å². The molecular formula is C14H20N2O4. The van der Waals surface area contributed by atoms with E-state index in [4.69, 9.17) is 10.5 Å². The highest BCUT2D eigenvalue weighted by atomic mass is 16.5. The van der Waals surface area contributed by atoms with Gasteiger partial charge in [0.05, 0.1) is 18.4 Å². The summed E-state index contributed by atoms with van der Waals surface area (Å²) in [6.07, 6.45) is 0.849. The first-order chi connectivity index (χ1) is 9.47. The molecule has 0 heterocycles. The van der Waals surface area contributed by atoms with Crippen molar-refractivity contribution in [1.82, 2.24) is 5.32 Å². The summed E-state index contributed by atoms with van der Waals surface area (Å²) in [4.78, 5) is 22.9. The van der Waals surface area contributed by atoms with Crippen LogP contribution in [0.3, 0.4) is 0 Å². The Bertz CT molecular complexity index is 488. The van der Waals surface area contributed by atoms with Crippen LogP contribution >= 0.6 is 0 Å². The molecule has 1 aromatic rings. The van der Waals surface area contributed by atoms with Crippen LogP contribution in [0.5, 0.6) is 5.75 Å². The van der Waals surface area contributed by atoms with Crippen LogP contribution in [-0.4, -0.2) is 31.6 Å². The van der Waals surface area contributed by atoms with Gasteiger partial charge in [0.25, 0.3) is 5.91 Å². The Balaban J connectivity index is 2.61. The summed E-state index contributed by atoms with van der Waals surface area (Å²) < 4.78 is 9.91. The molecule has 0 saturated carbocycles. The van der Waals surface area contributed by atoms with Gasteiger partial charge in [-0.2, -0.15) is 0 Å². The maximum Gasteiger partial charge on any atom is 0.337 e. The SMILES string of the molecule is CCC(C)NC(=O)COc1ccc(C(=O)OC)cc1N. The molecule has 1 atom stereocenters. The van der Waals surface area contributed by atoms with E-state index in [1.807, 2.05) is 13.8 Å². The molecule has 110 valence electrons. The molecule has 0 spiro atoms. The van der Waals surface area contributed by atoms with Crippen LogP contribution in [0.25, 0.3) is 0 Å². The molecule has 0 fully saturated rings. The summed E-state index contributed by atoms with van der Waals surface area (Å²) in [5.74, 6) is -0.328. The molecule has 0 bridgehead atoms. The van der Waals surface area contributed by atoms with Gasteiger partial charge in [0.15, 0.2) is 6.61 Å². The molecule has 20 heavy (non-hydrogen) atoms. The largest absolute Gasteiger partial charge is 0.482 e. The molecule has 1 rings (SSSR count). The molecule has 0 saturated heterocycles. The van der Waals surface area contributed by atoms with Crippen molar-refractivity contribution >= 4 is 17.6 Å². The van der Waals surface area contributed by atoms with Crippen LogP contribution in [0.4, 0.5) is 5.69 Å². The first-order valence-electron chi connectivity index (χ1n) is 6.38. The number of amides is 1. The molecule has 1 unspecified atom stereocenters. The highest BCUT2D eigenvalue weighted by Crippen LogP contribution is 2.22. The van der Waals surface area contributed by atoms with Gasteiger partial charge in [-0.25, -0.2) is 4.79 Å². The fourth-order valence-electron chi connectivity index (χ4n) is 1.49. The normalized spacial score (nSPS) is 11.6. The number of nitrogens with one attached hydrogen (secondary N) is 1. The van der Waals surface area contributed by atoms with Gasteiger partial charge in [0.2, 0.25) is 0 Å². The maximum atomic E-state index is 11.6. The topological polar surface area (TPSA) is 90.6 Å². The lowest BCUT2D eigenvalue weighted by atomic mass is 10.2. The second-order valence-electron chi connectivity index (χ2n) is 4.41. The van der Waals surface area contributed by atoms with E-state index in [0.717, 1.165) is 6.42 Å². The molecule has 0 aliphatic heterocycles. The third kappa shape index (κ3) is 4.46. The third-order valence-electron chi connectivity index (χ3n) is 2.81. The van der Waals surface area contributed by atoms with E-state index in [0.29, 0.717) is 11.3 Å². The van der Waals surface area contributed by atoms with Gasteiger partial charge < -0.3 is 20.5 Å². The highest BCUT2D eigenvalue weighted by Gasteiger charge is 2.11. The average Bonchev–Trinajstić information content (AvgIpc) is 2.44. The first-order valence-corrected chi connectivity index (χ1v) is 6.38. The lowest BCUT2D eigenvalue weighted by Crippen LogP contribution is -2.35. The smallest absolute Gasteiger partial charge is 0.337 e. The number of carbonyl (C=O) groups excluding carboxylic acids is 2. The predicted octanol–water partition coefficient (Wildman–Crippen LogP) is 1.35. The van der Waals surface area contributed by atoms with Crippen LogP contribution in [0, 0.1) is 0 Å². The number of methoxy groups -OCH3 is 1. The molecule has 3 N–H and O–H groups in total. The second kappa shape index (κ2) is 7.37. The second-order valence-corrected chi connectivity index (χ2v) is 4.41. The Hall–Kier alpha value is -2.24. The number of esters is 1. The average molecular weight is 280 g/mol. The number of nitrogen functional groups attached to an aromatic ring is 1. The minimum Gasteiger partial charge on any atom is -0.482 e. The summed E-state index contributed by atoms with van der Waals surface area (Å²) in [5, 5.41) is 2.78. The Kier molecular flexibility index (Phi) is 5.83. The zero-order valence-electron chi connectivity index (χ0n) is 11.9. The van der Waals surface area contributed by atoms with Gasteiger partial charge in [0, 0.05) is 6.04 Å². The van der Waals surface area contributed by atoms with E-state index >= 15 is 0 Å². The Labute approximate surface area is 118 Å². The molecule has 0 radical (unpaired) electrons. The number of anilines is 1. The zero-order chi connectivity index (χ0) is 15.1. The predicted molar refractivity (Wildman–Crippen MR) is 75.6 cm³/mol. The van der Waals surface area contributed by atoms with E-state index < -0.39 is 5.97 Å². The molecule has 0 aliphatic carbocycles. The number of carbonyl (C=O) groups is 2. The minimum atomic E-state index is -0.474. The first kappa shape index (κ1) is 15.8. The number of rotatable bonds is 6. The molecule has 1 aromatic carbocycles. The monoisotopic (exact) mass is 280 g/mol. The van der Waals surface area contributed by atoms with Crippen molar-refractivity contribution in [2.75, 3.05) is 19.5 Å². The molecule has 0 aromatic heterocycles. The van der Waals surface area contributed by atoms with Crippen molar-refractivity contribution in [3.8, 4) is 5.75 Å². The van der Waals surface area contributed by atoms with Crippen molar-refractivity contribution in [3.63, 3.8) is 0 Å². The molecule has 0 aliphatic rings. The Morgan fingerprint density at radius 2 is 2.10 bits per heavy atom. The Morgan fingerprint density at radius 3 is 2.65 bits per heavy atom. The van der Waals surface area contributed by atoms with Crippen molar-refractivity contribution < 1.29 is 19.1 Å². The van der Waals surface area contributed by atoms with Crippen molar-refractivity contribution in [2.45, 2.75) is 26.3 Å². The van der Waals surface area contributed by atoms with Gasteiger partial charge in [-0.05, 0) is 31.5 Å². The van der Waals surface area contributed by atoms with Gasteiger partial charge >= 0.3 is 5.97 Å². The number of hydrogen-bond acceptors (Lipinski definition) is 5. The maximum absolute atomic E-state index is 11.6. The Morgan fingerprint density at radius 1 is 1.40 bits per heavy atom. The lowest BCUT2D eigenvalue weighted by Gasteiger charge is -2.13. The summed E-state index contributed by atoms with van der Waals surface area (Å²) in [6.45, 7) is 3.78. The fraction of sp³-hybridized carbons (Fsp3) is 0.429. The van der Waals surface area contributed by atoms with Crippen LogP contribution in [0.1, 0.15) is 30.6 Å². The molecule has 1 amide bonds. The summed E-state index contributed by atoms with van der Waals surface area (Å²) in [5.41, 5.74) is 6.38.